The van der Waals surface area contributed by atoms with Crippen molar-refractivity contribution < 1.29 is 12.8 Å². The van der Waals surface area contributed by atoms with E-state index < -0.39 is 15.8 Å². The standard InChI is InChI=1S/C18H22FNO2S/c1-12(2)16-6-5-7-17(13(3)4)18(16)20-23(21,22)15-10-8-14(19)9-11-15/h5-13,20H,1-4H3. The summed E-state index contributed by atoms with van der Waals surface area (Å²) >= 11 is 0. The van der Waals surface area contributed by atoms with Crippen LogP contribution in [0.4, 0.5) is 10.1 Å². The molecule has 0 heterocycles. The molecule has 0 aliphatic carbocycles. The van der Waals surface area contributed by atoms with E-state index in [1.165, 1.54) is 12.1 Å². The summed E-state index contributed by atoms with van der Waals surface area (Å²) in [5.41, 5.74) is 2.52. The maximum absolute atomic E-state index is 13.0. The molecule has 23 heavy (non-hydrogen) atoms. The number of hydrogen-bond acceptors (Lipinski definition) is 2. The van der Waals surface area contributed by atoms with Gasteiger partial charge in [0.1, 0.15) is 5.82 Å². The van der Waals surface area contributed by atoms with Crippen LogP contribution in [0.1, 0.15) is 50.7 Å². The molecule has 0 radical (unpaired) electrons. The van der Waals surface area contributed by atoms with Gasteiger partial charge in [-0.15, -0.1) is 0 Å². The van der Waals surface area contributed by atoms with Crippen molar-refractivity contribution in [1.29, 1.82) is 0 Å². The summed E-state index contributed by atoms with van der Waals surface area (Å²) in [7, 11) is -3.76. The van der Waals surface area contributed by atoms with E-state index in [2.05, 4.69) is 4.72 Å². The molecule has 0 spiro atoms. The summed E-state index contributed by atoms with van der Waals surface area (Å²) in [4.78, 5) is 0.0483. The monoisotopic (exact) mass is 335 g/mol. The van der Waals surface area contributed by atoms with Gasteiger partial charge in [0.15, 0.2) is 0 Å². The van der Waals surface area contributed by atoms with E-state index in [0.29, 0.717) is 5.69 Å². The number of nitrogens with one attached hydrogen (secondary N) is 1. The molecule has 124 valence electrons. The van der Waals surface area contributed by atoms with Crippen molar-refractivity contribution in [2.75, 3.05) is 4.72 Å². The highest BCUT2D eigenvalue weighted by atomic mass is 32.2. The number of sulfonamides is 1. The second kappa shape index (κ2) is 6.71. The number of halogens is 1. The van der Waals surface area contributed by atoms with Crippen molar-refractivity contribution in [3.8, 4) is 0 Å². The highest BCUT2D eigenvalue weighted by Crippen LogP contribution is 2.33. The van der Waals surface area contributed by atoms with E-state index in [1.807, 2.05) is 45.9 Å². The minimum absolute atomic E-state index is 0.0483. The second-order valence-corrected chi connectivity index (χ2v) is 7.86. The van der Waals surface area contributed by atoms with Gasteiger partial charge in [0.05, 0.1) is 10.6 Å². The summed E-state index contributed by atoms with van der Waals surface area (Å²) in [6.07, 6.45) is 0. The summed E-state index contributed by atoms with van der Waals surface area (Å²) in [5.74, 6) is -0.103. The largest absolute Gasteiger partial charge is 0.279 e. The van der Waals surface area contributed by atoms with Gasteiger partial charge in [0, 0.05) is 0 Å². The van der Waals surface area contributed by atoms with E-state index in [9.17, 15) is 12.8 Å². The van der Waals surface area contributed by atoms with Gasteiger partial charge in [-0.25, -0.2) is 12.8 Å². The molecule has 2 aromatic rings. The molecule has 1 N–H and O–H groups in total. The molecule has 5 heteroatoms. The van der Waals surface area contributed by atoms with Crippen molar-refractivity contribution in [3.63, 3.8) is 0 Å². The number of rotatable bonds is 5. The SMILES string of the molecule is CC(C)c1cccc(C(C)C)c1NS(=O)(=O)c1ccc(F)cc1. The Morgan fingerprint density at radius 1 is 0.870 bits per heavy atom. The van der Waals surface area contributed by atoms with Crippen LogP contribution in [0.5, 0.6) is 0 Å². The van der Waals surface area contributed by atoms with Crippen LogP contribution in [-0.2, 0) is 10.0 Å². The van der Waals surface area contributed by atoms with Crippen LogP contribution >= 0.6 is 0 Å². The third-order valence-corrected chi connectivity index (χ3v) is 5.10. The summed E-state index contributed by atoms with van der Waals surface area (Å²) in [6.45, 7) is 8.09. The van der Waals surface area contributed by atoms with Gasteiger partial charge in [-0.3, -0.25) is 4.72 Å². The lowest BCUT2D eigenvalue weighted by molar-refractivity contribution is 0.599. The average Bonchev–Trinajstić information content (AvgIpc) is 2.47. The molecule has 2 aromatic carbocycles. The fraction of sp³-hybridized carbons (Fsp3) is 0.333. The number of hydrogen-bond donors (Lipinski definition) is 1. The van der Waals surface area contributed by atoms with Gasteiger partial charge in [0.25, 0.3) is 10.0 Å². The molecule has 2 rings (SSSR count). The highest BCUT2D eigenvalue weighted by Gasteiger charge is 2.20. The zero-order valence-electron chi connectivity index (χ0n) is 13.8. The van der Waals surface area contributed by atoms with Crippen LogP contribution < -0.4 is 4.72 Å². The van der Waals surface area contributed by atoms with E-state index >= 15 is 0 Å². The molecule has 0 fully saturated rings. The lowest BCUT2D eigenvalue weighted by Gasteiger charge is -2.20. The Bertz CT molecular complexity index is 755. The molecular formula is C18H22FNO2S. The first-order valence-corrected chi connectivity index (χ1v) is 9.12. The lowest BCUT2D eigenvalue weighted by Crippen LogP contribution is -2.16. The summed E-state index contributed by atoms with van der Waals surface area (Å²) in [5, 5.41) is 0. The fourth-order valence-electron chi connectivity index (χ4n) is 2.48. The molecule has 3 nitrogen and oxygen atoms in total. The summed E-state index contributed by atoms with van der Waals surface area (Å²) < 4.78 is 41.0. The van der Waals surface area contributed by atoms with E-state index in [4.69, 9.17) is 0 Å². The maximum Gasteiger partial charge on any atom is 0.261 e. The third kappa shape index (κ3) is 3.91. The van der Waals surface area contributed by atoms with Crippen molar-refractivity contribution in [3.05, 3.63) is 59.4 Å². The smallest absolute Gasteiger partial charge is 0.261 e. The minimum atomic E-state index is -3.76. The van der Waals surface area contributed by atoms with Crippen molar-refractivity contribution in [1.82, 2.24) is 0 Å². The van der Waals surface area contributed by atoms with Gasteiger partial charge in [0.2, 0.25) is 0 Å². The Morgan fingerprint density at radius 2 is 1.35 bits per heavy atom. The Kier molecular flexibility index (Phi) is 5.09. The molecule has 0 unspecified atom stereocenters. The predicted molar refractivity (Wildman–Crippen MR) is 91.8 cm³/mol. The zero-order valence-corrected chi connectivity index (χ0v) is 14.6. The van der Waals surface area contributed by atoms with Gasteiger partial charge in [-0.05, 0) is 47.2 Å². The first kappa shape index (κ1) is 17.5. The molecule has 0 amide bonds. The van der Waals surface area contributed by atoms with Crippen molar-refractivity contribution in [2.45, 2.75) is 44.4 Å². The average molecular weight is 335 g/mol. The van der Waals surface area contributed by atoms with Gasteiger partial charge < -0.3 is 0 Å². The van der Waals surface area contributed by atoms with Crippen LogP contribution in [0, 0.1) is 5.82 Å². The molecule has 0 aliphatic rings. The predicted octanol–water partition coefficient (Wildman–Crippen LogP) is 4.87. The number of anilines is 1. The van der Waals surface area contributed by atoms with Gasteiger partial charge in [-0.1, -0.05) is 45.9 Å². The maximum atomic E-state index is 13.0. The van der Waals surface area contributed by atoms with Crippen LogP contribution in [0.3, 0.4) is 0 Å². The Balaban J connectivity index is 2.52. The molecule has 0 saturated carbocycles. The van der Waals surface area contributed by atoms with E-state index in [0.717, 1.165) is 23.3 Å². The zero-order chi connectivity index (χ0) is 17.2. The van der Waals surface area contributed by atoms with Crippen LogP contribution in [0.2, 0.25) is 0 Å². The highest BCUT2D eigenvalue weighted by molar-refractivity contribution is 7.92. The molecule has 0 aromatic heterocycles. The van der Waals surface area contributed by atoms with Gasteiger partial charge >= 0.3 is 0 Å². The van der Waals surface area contributed by atoms with Crippen molar-refractivity contribution >= 4 is 15.7 Å². The molecular weight excluding hydrogens is 313 g/mol. The molecule has 0 atom stereocenters. The van der Waals surface area contributed by atoms with E-state index in [-0.39, 0.29) is 16.7 Å². The van der Waals surface area contributed by atoms with Crippen LogP contribution in [0.25, 0.3) is 0 Å². The molecule has 0 bridgehead atoms. The Morgan fingerprint density at radius 3 is 1.78 bits per heavy atom. The minimum Gasteiger partial charge on any atom is -0.279 e. The van der Waals surface area contributed by atoms with Gasteiger partial charge in [-0.2, -0.15) is 0 Å². The Labute approximate surface area is 137 Å². The normalized spacial score (nSPS) is 12.0. The molecule has 0 aliphatic heterocycles. The fourth-order valence-corrected chi connectivity index (χ4v) is 3.59. The quantitative estimate of drug-likeness (QED) is 0.847. The van der Waals surface area contributed by atoms with Crippen LogP contribution in [-0.4, -0.2) is 8.42 Å². The van der Waals surface area contributed by atoms with E-state index in [1.54, 1.807) is 0 Å². The Hall–Kier alpha value is -1.88. The first-order valence-electron chi connectivity index (χ1n) is 7.63. The first-order chi connectivity index (χ1) is 10.7. The topological polar surface area (TPSA) is 46.2 Å². The van der Waals surface area contributed by atoms with Crippen molar-refractivity contribution in [2.24, 2.45) is 0 Å². The number of benzene rings is 2. The lowest BCUT2D eigenvalue weighted by atomic mass is 9.93. The number of para-hydroxylation sites is 1. The third-order valence-electron chi connectivity index (χ3n) is 3.73. The van der Waals surface area contributed by atoms with Crippen LogP contribution in [0.15, 0.2) is 47.4 Å². The molecule has 0 saturated heterocycles. The summed E-state index contributed by atoms with van der Waals surface area (Å²) in [6, 6.07) is 10.6. The second-order valence-electron chi connectivity index (χ2n) is 6.18.